The first-order valence-corrected chi connectivity index (χ1v) is 6.02. The normalized spacial score (nSPS) is 27.6. The van der Waals surface area contributed by atoms with Crippen LogP contribution in [-0.2, 0) is 13.0 Å². The van der Waals surface area contributed by atoms with Crippen molar-refractivity contribution in [3.63, 3.8) is 0 Å². The first kappa shape index (κ1) is 9.43. The van der Waals surface area contributed by atoms with Gasteiger partial charge in [-0.1, -0.05) is 0 Å². The standard InChI is InChI=1S/C12H19N3/c1-2-11-10-12(3-7-14(11)6-1)15-8-4-13-5-9-15/h1-2,6,12-13H,3-5,7-10H2. The molecule has 1 N–H and O–H groups in total. The molecule has 2 aliphatic rings. The fourth-order valence-electron chi connectivity index (χ4n) is 2.84. The lowest BCUT2D eigenvalue weighted by Crippen LogP contribution is -2.50. The molecule has 3 rings (SSSR count). The van der Waals surface area contributed by atoms with E-state index in [4.69, 9.17) is 0 Å². The van der Waals surface area contributed by atoms with Crippen LogP contribution in [0.25, 0.3) is 0 Å². The molecule has 1 atom stereocenters. The van der Waals surface area contributed by atoms with E-state index < -0.39 is 0 Å². The molecule has 1 fully saturated rings. The van der Waals surface area contributed by atoms with Gasteiger partial charge in [-0.05, 0) is 18.6 Å². The quantitative estimate of drug-likeness (QED) is 0.728. The molecule has 0 spiro atoms. The predicted octanol–water partition coefficient (Wildman–Crippen LogP) is 0.708. The maximum atomic E-state index is 3.42. The maximum absolute atomic E-state index is 3.42. The van der Waals surface area contributed by atoms with Crippen LogP contribution in [0, 0.1) is 0 Å². The van der Waals surface area contributed by atoms with Gasteiger partial charge in [0.1, 0.15) is 0 Å². The van der Waals surface area contributed by atoms with Crippen LogP contribution in [0.4, 0.5) is 0 Å². The van der Waals surface area contributed by atoms with Gasteiger partial charge in [0.15, 0.2) is 0 Å². The molecule has 1 unspecified atom stereocenters. The number of aryl methyl sites for hydroxylation is 1. The van der Waals surface area contributed by atoms with Crippen molar-refractivity contribution in [3.05, 3.63) is 24.0 Å². The Hall–Kier alpha value is -0.800. The highest BCUT2D eigenvalue weighted by molar-refractivity contribution is 5.11. The van der Waals surface area contributed by atoms with E-state index in [1.165, 1.54) is 38.2 Å². The Bertz CT molecular complexity index is 325. The lowest BCUT2D eigenvalue weighted by Gasteiger charge is -2.37. The molecule has 1 aromatic rings. The molecule has 3 heterocycles. The van der Waals surface area contributed by atoms with Crippen LogP contribution in [0.15, 0.2) is 18.3 Å². The van der Waals surface area contributed by atoms with E-state index in [0.717, 1.165) is 19.1 Å². The van der Waals surface area contributed by atoms with E-state index in [-0.39, 0.29) is 0 Å². The number of nitrogens with one attached hydrogen (secondary N) is 1. The minimum Gasteiger partial charge on any atom is -0.351 e. The molecule has 1 saturated heterocycles. The van der Waals surface area contributed by atoms with E-state index in [0.29, 0.717) is 0 Å². The molecule has 1 aromatic heterocycles. The van der Waals surface area contributed by atoms with Crippen LogP contribution in [0.5, 0.6) is 0 Å². The average Bonchev–Trinajstić information content (AvgIpc) is 2.77. The van der Waals surface area contributed by atoms with E-state index >= 15 is 0 Å². The lowest BCUT2D eigenvalue weighted by atomic mass is 10.0. The predicted molar refractivity (Wildman–Crippen MR) is 61.0 cm³/mol. The number of nitrogens with zero attached hydrogens (tertiary/aromatic N) is 2. The molecule has 3 heteroatoms. The third kappa shape index (κ3) is 1.82. The number of fused-ring (bicyclic) bond motifs is 1. The van der Waals surface area contributed by atoms with Gasteiger partial charge in [0, 0.05) is 57.1 Å². The van der Waals surface area contributed by atoms with E-state index in [2.05, 4.69) is 33.1 Å². The molecule has 82 valence electrons. The second-order valence-electron chi connectivity index (χ2n) is 4.63. The van der Waals surface area contributed by atoms with Gasteiger partial charge < -0.3 is 9.88 Å². The average molecular weight is 205 g/mol. The molecule has 2 aliphatic heterocycles. The summed E-state index contributed by atoms with van der Waals surface area (Å²) in [6.45, 7) is 5.99. The Labute approximate surface area is 91.1 Å². The highest BCUT2D eigenvalue weighted by Crippen LogP contribution is 2.20. The van der Waals surface area contributed by atoms with E-state index in [1.54, 1.807) is 0 Å². The summed E-state index contributed by atoms with van der Waals surface area (Å²) in [5.41, 5.74) is 1.52. The zero-order valence-electron chi connectivity index (χ0n) is 9.15. The van der Waals surface area contributed by atoms with Gasteiger partial charge in [0.05, 0.1) is 0 Å². The molecular weight excluding hydrogens is 186 g/mol. The second kappa shape index (κ2) is 3.99. The molecule has 15 heavy (non-hydrogen) atoms. The maximum Gasteiger partial charge on any atom is 0.0237 e. The van der Waals surface area contributed by atoms with Crippen molar-refractivity contribution in [2.75, 3.05) is 26.2 Å². The molecule has 0 radical (unpaired) electrons. The Morgan fingerprint density at radius 1 is 1.20 bits per heavy atom. The summed E-state index contributed by atoms with van der Waals surface area (Å²) < 4.78 is 2.40. The SMILES string of the molecule is c1cc2n(c1)CCC(N1CCNCC1)C2. The molecule has 0 saturated carbocycles. The summed E-state index contributed by atoms with van der Waals surface area (Å²) in [6, 6.07) is 5.23. The van der Waals surface area contributed by atoms with E-state index in [1.807, 2.05) is 0 Å². The van der Waals surface area contributed by atoms with Gasteiger partial charge >= 0.3 is 0 Å². The summed E-state index contributed by atoms with van der Waals surface area (Å²) >= 11 is 0. The van der Waals surface area contributed by atoms with Crippen molar-refractivity contribution in [3.8, 4) is 0 Å². The van der Waals surface area contributed by atoms with Crippen molar-refractivity contribution in [1.82, 2.24) is 14.8 Å². The van der Waals surface area contributed by atoms with Gasteiger partial charge in [-0.2, -0.15) is 0 Å². The zero-order valence-corrected chi connectivity index (χ0v) is 9.15. The van der Waals surface area contributed by atoms with Crippen LogP contribution in [0.2, 0.25) is 0 Å². The van der Waals surface area contributed by atoms with Crippen LogP contribution < -0.4 is 5.32 Å². The van der Waals surface area contributed by atoms with Crippen molar-refractivity contribution in [2.45, 2.75) is 25.4 Å². The van der Waals surface area contributed by atoms with Crippen molar-refractivity contribution in [2.24, 2.45) is 0 Å². The summed E-state index contributed by atoms with van der Waals surface area (Å²) in [4.78, 5) is 2.66. The number of hydrogen-bond donors (Lipinski definition) is 1. The van der Waals surface area contributed by atoms with Gasteiger partial charge in [0.25, 0.3) is 0 Å². The Morgan fingerprint density at radius 3 is 2.93 bits per heavy atom. The smallest absolute Gasteiger partial charge is 0.0237 e. The first-order chi connectivity index (χ1) is 7.43. The van der Waals surface area contributed by atoms with Crippen LogP contribution in [0.3, 0.4) is 0 Å². The van der Waals surface area contributed by atoms with Gasteiger partial charge in [0.2, 0.25) is 0 Å². The third-order valence-electron chi connectivity index (χ3n) is 3.74. The van der Waals surface area contributed by atoms with Crippen molar-refractivity contribution in [1.29, 1.82) is 0 Å². The van der Waals surface area contributed by atoms with Gasteiger partial charge in [-0.15, -0.1) is 0 Å². The van der Waals surface area contributed by atoms with Crippen molar-refractivity contribution < 1.29 is 0 Å². The number of hydrogen-bond acceptors (Lipinski definition) is 2. The summed E-state index contributed by atoms with van der Waals surface area (Å²) in [5, 5.41) is 3.42. The molecule has 0 bridgehead atoms. The van der Waals surface area contributed by atoms with Crippen LogP contribution >= 0.6 is 0 Å². The Balaban J connectivity index is 1.69. The monoisotopic (exact) mass is 205 g/mol. The molecular formula is C12H19N3. The molecule has 0 aliphatic carbocycles. The fraction of sp³-hybridized carbons (Fsp3) is 0.667. The van der Waals surface area contributed by atoms with Gasteiger partial charge in [-0.25, -0.2) is 0 Å². The summed E-state index contributed by atoms with van der Waals surface area (Å²) in [7, 11) is 0. The minimum absolute atomic E-state index is 0.787. The Morgan fingerprint density at radius 2 is 2.07 bits per heavy atom. The number of aromatic nitrogens is 1. The van der Waals surface area contributed by atoms with Crippen LogP contribution in [0.1, 0.15) is 12.1 Å². The molecule has 0 amide bonds. The zero-order chi connectivity index (χ0) is 10.1. The lowest BCUT2D eigenvalue weighted by molar-refractivity contribution is 0.148. The number of rotatable bonds is 1. The topological polar surface area (TPSA) is 20.2 Å². The summed E-state index contributed by atoms with van der Waals surface area (Å²) in [6.07, 6.45) is 4.78. The Kier molecular flexibility index (Phi) is 2.51. The molecule has 3 nitrogen and oxygen atoms in total. The van der Waals surface area contributed by atoms with Gasteiger partial charge in [-0.3, -0.25) is 4.90 Å². The summed E-state index contributed by atoms with van der Waals surface area (Å²) in [5.74, 6) is 0. The third-order valence-corrected chi connectivity index (χ3v) is 3.74. The minimum atomic E-state index is 0.787. The van der Waals surface area contributed by atoms with E-state index in [9.17, 15) is 0 Å². The van der Waals surface area contributed by atoms with Crippen molar-refractivity contribution >= 4 is 0 Å². The van der Waals surface area contributed by atoms with Crippen LogP contribution in [-0.4, -0.2) is 41.7 Å². The number of piperazine rings is 1. The highest BCUT2D eigenvalue weighted by Gasteiger charge is 2.24. The first-order valence-electron chi connectivity index (χ1n) is 6.02. The fourth-order valence-corrected chi connectivity index (χ4v) is 2.84. The second-order valence-corrected chi connectivity index (χ2v) is 4.63. The largest absolute Gasteiger partial charge is 0.351 e. The molecule has 0 aromatic carbocycles. The highest BCUT2D eigenvalue weighted by atomic mass is 15.2.